The number of carbonyl (C=O) groups is 1. The van der Waals surface area contributed by atoms with E-state index in [9.17, 15) is 4.79 Å². The van der Waals surface area contributed by atoms with E-state index in [0.29, 0.717) is 13.0 Å². The Morgan fingerprint density at radius 2 is 1.91 bits per heavy atom. The molecule has 0 saturated heterocycles. The molecule has 0 bridgehead atoms. The fraction of sp³-hybridized carbons (Fsp3) is 0.588. The molecule has 0 aromatic heterocycles. The maximum Gasteiger partial charge on any atom is 0.224 e. The highest BCUT2D eigenvalue weighted by Crippen LogP contribution is 1.98. The van der Waals surface area contributed by atoms with Gasteiger partial charge in [-0.25, -0.2) is 0 Å². The van der Waals surface area contributed by atoms with E-state index in [1.54, 1.807) is 0 Å². The summed E-state index contributed by atoms with van der Waals surface area (Å²) in [5.41, 5.74) is 1.07. The largest absolute Gasteiger partial charge is 0.394 e. The van der Waals surface area contributed by atoms with Crippen molar-refractivity contribution < 1.29 is 19.7 Å². The van der Waals surface area contributed by atoms with Gasteiger partial charge in [0.2, 0.25) is 5.91 Å². The standard InChI is InChI=1S/C11H15NO.C6H14O3/c1-2-8-12-11(13)9-10-6-4-3-5-7-10;1-2-3-9-5-6(8)4-7/h3-7H,2,8-9H2,1H3,(H,12,13);6-8H,2-5H2,1H3. The lowest BCUT2D eigenvalue weighted by atomic mass is 10.1. The van der Waals surface area contributed by atoms with Crippen LogP contribution in [0.4, 0.5) is 0 Å². The van der Waals surface area contributed by atoms with Gasteiger partial charge in [0, 0.05) is 13.2 Å². The number of aliphatic hydroxyl groups is 2. The van der Waals surface area contributed by atoms with Crippen LogP contribution in [0.2, 0.25) is 0 Å². The minimum absolute atomic E-state index is 0.105. The van der Waals surface area contributed by atoms with Gasteiger partial charge in [-0.15, -0.1) is 0 Å². The first kappa shape index (κ1) is 20.6. The quantitative estimate of drug-likeness (QED) is 0.604. The lowest BCUT2D eigenvalue weighted by Crippen LogP contribution is -2.25. The van der Waals surface area contributed by atoms with E-state index in [-0.39, 0.29) is 19.1 Å². The van der Waals surface area contributed by atoms with Crippen molar-refractivity contribution in [1.82, 2.24) is 5.32 Å². The number of benzene rings is 1. The second-order valence-electron chi connectivity index (χ2n) is 4.92. The first-order chi connectivity index (χ1) is 10.6. The van der Waals surface area contributed by atoms with Crippen molar-refractivity contribution in [2.75, 3.05) is 26.4 Å². The summed E-state index contributed by atoms with van der Waals surface area (Å²) in [5.74, 6) is 0.105. The third kappa shape index (κ3) is 12.3. The summed E-state index contributed by atoms with van der Waals surface area (Å²) in [4.78, 5) is 11.3. The minimum Gasteiger partial charge on any atom is -0.394 e. The van der Waals surface area contributed by atoms with Crippen LogP contribution in [0.15, 0.2) is 30.3 Å². The highest BCUT2D eigenvalue weighted by molar-refractivity contribution is 5.78. The maximum absolute atomic E-state index is 11.3. The number of carbonyl (C=O) groups excluding carboxylic acids is 1. The molecule has 0 radical (unpaired) electrons. The maximum atomic E-state index is 11.3. The van der Waals surface area contributed by atoms with Crippen molar-refractivity contribution in [3.8, 4) is 0 Å². The van der Waals surface area contributed by atoms with Crippen LogP contribution >= 0.6 is 0 Å². The van der Waals surface area contributed by atoms with E-state index >= 15 is 0 Å². The number of rotatable bonds is 9. The number of ether oxygens (including phenoxy) is 1. The molecule has 0 aliphatic heterocycles. The van der Waals surface area contributed by atoms with Crippen molar-refractivity contribution in [3.63, 3.8) is 0 Å². The Balaban J connectivity index is 0.000000433. The molecule has 126 valence electrons. The van der Waals surface area contributed by atoms with Crippen LogP contribution in [0.1, 0.15) is 32.3 Å². The zero-order chi connectivity index (χ0) is 16.6. The van der Waals surface area contributed by atoms with Gasteiger partial charge in [-0.05, 0) is 18.4 Å². The van der Waals surface area contributed by atoms with Crippen molar-refractivity contribution in [3.05, 3.63) is 35.9 Å². The van der Waals surface area contributed by atoms with Crippen molar-refractivity contribution in [1.29, 1.82) is 0 Å². The van der Waals surface area contributed by atoms with Gasteiger partial charge in [-0.2, -0.15) is 0 Å². The van der Waals surface area contributed by atoms with Crippen molar-refractivity contribution in [2.24, 2.45) is 0 Å². The van der Waals surface area contributed by atoms with E-state index in [1.165, 1.54) is 0 Å². The predicted octanol–water partition coefficient (Wildman–Crippen LogP) is 1.52. The Bertz CT molecular complexity index is 370. The highest BCUT2D eigenvalue weighted by atomic mass is 16.5. The Labute approximate surface area is 133 Å². The van der Waals surface area contributed by atoms with E-state index in [2.05, 4.69) is 5.32 Å². The minimum atomic E-state index is -0.712. The molecule has 0 fully saturated rings. The van der Waals surface area contributed by atoms with E-state index in [4.69, 9.17) is 14.9 Å². The lowest BCUT2D eigenvalue weighted by molar-refractivity contribution is -0.120. The van der Waals surface area contributed by atoms with Crippen LogP contribution in [0.3, 0.4) is 0 Å². The molecule has 0 saturated carbocycles. The molecule has 0 aliphatic rings. The van der Waals surface area contributed by atoms with Crippen LogP contribution in [-0.4, -0.2) is 48.6 Å². The summed E-state index contributed by atoms with van der Waals surface area (Å²) >= 11 is 0. The average Bonchev–Trinajstić information content (AvgIpc) is 2.54. The SMILES string of the molecule is CCCNC(=O)Cc1ccccc1.CCCOCC(O)CO. The van der Waals surface area contributed by atoms with Crippen molar-refractivity contribution >= 4 is 5.91 Å². The molecule has 0 aliphatic carbocycles. The van der Waals surface area contributed by atoms with Gasteiger partial charge >= 0.3 is 0 Å². The Morgan fingerprint density at radius 3 is 2.45 bits per heavy atom. The van der Waals surface area contributed by atoms with Crippen LogP contribution in [-0.2, 0) is 16.0 Å². The summed E-state index contributed by atoms with van der Waals surface area (Å²) < 4.78 is 4.93. The molecule has 0 spiro atoms. The molecule has 1 amide bonds. The van der Waals surface area contributed by atoms with Gasteiger partial charge < -0.3 is 20.3 Å². The third-order valence-corrected chi connectivity index (χ3v) is 2.65. The summed E-state index contributed by atoms with van der Waals surface area (Å²) in [5, 5.41) is 19.9. The number of hydrogen-bond acceptors (Lipinski definition) is 4. The second kappa shape index (κ2) is 14.5. The van der Waals surface area contributed by atoms with Gasteiger partial charge in [0.25, 0.3) is 0 Å². The summed E-state index contributed by atoms with van der Waals surface area (Å²) in [6.45, 7) is 5.48. The van der Waals surface area contributed by atoms with Crippen LogP contribution in [0.5, 0.6) is 0 Å². The second-order valence-corrected chi connectivity index (χ2v) is 4.92. The van der Waals surface area contributed by atoms with Gasteiger partial charge in [0.15, 0.2) is 0 Å². The Kier molecular flexibility index (Phi) is 13.6. The van der Waals surface area contributed by atoms with Gasteiger partial charge in [-0.1, -0.05) is 44.2 Å². The molecule has 1 aromatic carbocycles. The van der Waals surface area contributed by atoms with Crippen LogP contribution in [0.25, 0.3) is 0 Å². The molecule has 22 heavy (non-hydrogen) atoms. The molecule has 5 nitrogen and oxygen atoms in total. The van der Waals surface area contributed by atoms with E-state index < -0.39 is 6.10 Å². The molecular formula is C17H29NO4. The fourth-order valence-electron chi connectivity index (χ4n) is 1.52. The predicted molar refractivity (Wildman–Crippen MR) is 87.6 cm³/mol. The molecule has 1 rings (SSSR count). The summed E-state index contributed by atoms with van der Waals surface area (Å²) in [7, 11) is 0. The zero-order valence-corrected chi connectivity index (χ0v) is 13.6. The Morgan fingerprint density at radius 1 is 1.23 bits per heavy atom. The molecule has 1 aromatic rings. The monoisotopic (exact) mass is 311 g/mol. The fourth-order valence-corrected chi connectivity index (χ4v) is 1.52. The molecule has 5 heteroatoms. The number of nitrogens with one attached hydrogen (secondary N) is 1. The van der Waals surface area contributed by atoms with Crippen LogP contribution in [0, 0.1) is 0 Å². The molecule has 3 N–H and O–H groups in total. The Hall–Kier alpha value is -1.43. The van der Waals surface area contributed by atoms with Gasteiger partial charge in [-0.3, -0.25) is 4.79 Å². The first-order valence-corrected chi connectivity index (χ1v) is 7.81. The topological polar surface area (TPSA) is 78.8 Å². The number of amides is 1. The van der Waals surface area contributed by atoms with Gasteiger partial charge in [0.1, 0.15) is 6.10 Å². The molecular weight excluding hydrogens is 282 g/mol. The summed E-state index contributed by atoms with van der Waals surface area (Å²) in [6.07, 6.45) is 1.70. The third-order valence-electron chi connectivity index (χ3n) is 2.65. The molecule has 1 unspecified atom stereocenters. The number of hydrogen-bond donors (Lipinski definition) is 3. The first-order valence-electron chi connectivity index (χ1n) is 7.81. The molecule has 1 atom stereocenters. The van der Waals surface area contributed by atoms with Crippen LogP contribution < -0.4 is 5.32 Å². The zero-order valence-electron chi connectivity index (χ0n) is 13.6. The molecule has 0 heterocycles. The van der Waals surface area contributed by atoms with Crippen molar-refractivity contribution in [2.45, 2.75) is 39.2 Å². The average molecular weight is 311 g/mol. The summed E-state index contributed by atoms with van der Waals surface area (Å²) in [6, 6.07) is 9.77. The van der Waals surface area contributed by atoms with E-state index in [1.807, 2.05) is 44.2 Å². The smallest absolute Gasteiger partial charge is 0.224 e. The highest BCUT2D eigenvalue weighted by Gasteiger charge is 2.00. The number of aliphatic hydroxyl groups excluding tert-OH is 2. The lowest BCUT2D eigenvalue weighted by Gasteiger charge is -2.05. The van der Waals surface area contributed by atoms with E-state index in [0.717, 1.165) is 24.9 Å². The normalized spacial score (nSPS) is 11.3. The van der Waals surface area contributed by atoms with Gasteiger partial charge in [0.05, 0.1) is 19.6 Å².